The van der Waals surface area contributed by atoms with Crippen LogP contribution in [0.2, 0.25) is 5.15 Å². The lowest BCUT2D eigenvalue weighted by Gasteiger charge is -2.06. The molecule has 0 aliphatic carbocycles. The summed E-state index contributed by atoms with van der Waals surface area (Å²) in [7, 11) is 0. The van der Waals surface area contributed by atoms with E-state index in [1.807, 2.05) is 25.2 Å². The third kappa shape index (κ3) is 1.51. The van der Waals surface area contributed by atoms with Crippen LogP contribution in [-0.4, -0.2) is 29.2 Å². The fourth-order valence-electron chi connectivity index (χ4n) is 1.76. The van der Waals surface area contributed by atoms with Gasteiger partial charge in [-0.3, -0.25) is 4.40 Å². The second kappa shape index (κ2) is 3.96. The summed E-state index contributed by atoms with van der Waals surface area (Å²) in [6.45, 7) is 5.76. The average molecular weight is 281 g/mol. The number of nitrogens with zero attached hydrogens (tertiary/aromatic N) is 6. The van der Waals surface area contributed by atoms with Gasteiger partial charge in [0.2, 0.25) is 0 Å². The molecule has 3 rings (SSSR count). The van der Waals surface area contributed by atoms with Crippen LogP contribution in [-0.2, 0) is 0 Å². The van der Waals surface area contributed by atoms with Crippen LogP contribution in [0.25, 0.3) is 16.3 Å². The van der Waals surface area contributed by atoms with E-state index < -0.39 is 0 Å². The normalized spacial score (nSPS) is 11.3. The molecule has 0 spiro atoms. The summed E-state index contributed by atoms with van der Waals surface area (Å²) in [6.07, 6.45) is 0. The molecule has 3 heterocycles. The first-order valence-electron chi connectivity index (χ1n) is 5.26. The lowest BCUT2D eigenvalue weighted by molar-refractivity contribution is 0.998. The predicted molar refractivity (Wildman–Crippen MR) is 68.9 cm³/mol. The summed E-state index contributed by atoms with van der Waals surface area (Å²) in [5, 5.41) is 12.6. The zero-order chi connectivity index (χ0) is 12.9. The van der Waals surface area contributed by atoms with Gasteiger partial charge in [-0.15, -0.1) is 15.3 Å². The summed E-state index contributed by atoms with van der Waals surface area (Å²) in [5.41, 5.74) is 3.20. The van der Waals surface area contributed by atoms with Gasteiger partial charge >= 0.3 is 0 Å². The summed E-state index contributed by atoms with van der Waals surface area (Å²) in [5.74, 6) is 0.711. The highest BCUT2D eigenvalue weighted by Crippen LogP contribution is 2.27. The molecular formula is C10H9ClN6S. The number of hydrogen-bond donors (Lipinski definition) is 0. The zero-order valence-corrected chi connectivity index (χ0v) is 11.5. The molecule has 0 aliphatic heterocycles. The molecule has 18 heavy (non-hydrogen) atoms. The minimum Gasteiger partial charge on any atom is -0.274 e. The quantitative estimate of drug-likeness (QED) is 0.684. The van der Waals surface area contributed by atoms with Crippen molar-refractivity contribution in [1.82, 2.24) is 29.2 Å². The molecule has 8 heteroatoms. The smallest absolute Gasteiger partial charge is 0.199 e. The van der Waals surface area contributed by atoms with Crippen molar-refractivity contribution in [3.8, 4) is 10.7 Å². The Kier molecular flexibility index (Phi) is 2.53. The van der Waals surface area contributed by atoms with E-state index in [0.29, 0.717) is 16.6 Å². The second-order valence-electron chi connectivity index (χ2n) is 3.94. The molecule has 0 atom stereocenters. The molecule has 0 bridgehead atoms. The monoisotopic (exact) mass is 280 g/mol. The molecule has 92 valence electrons. The van der Waals surface area contributed by atoms with Crippen molar-refractivity contribution in [3.05, 3.63) is 22.2 Å². The number of aromatic nitrogens is 6. The lowest BCUT2D eigenvalue weighted by Crippen LogP contribution is -2.00. The third-order valence-electron chi connectivity index (χ3n) is 2.83. The number of aryl methyl sites for hydroxylation is 3. The van der Waals surface area contributed by atoms with Crippen molar-refractivity contribution in [2.24, 2.45) is 0 Å². The summed E-state index contributed by atoms with van der Waals surface area (Å²) in [6, 6.07) is 0. The maximum absolute atomic E-state index is 6.09. The van der Waals surface area contributed by atoms with Crippen molar-refractivity contribution in [2.45, 2.75) is 20.8 Å². The second-order valence-corrected chi connectivity index (χ2v) is 5.06. The van der Waals surface area contributed by atoms with E-state index in [9.17, 15) is 0 Å². The molecule has 0 aromatic carbocycles. The van der Waals surface area contributed by atoms with Crippen molar-refractivity contribution < 1.29 is 0 Å². The van der Waals surface area contributed by atoms with E-state index in [0.717, 1.165) is 22.0 Å². The van der Waals surface area contributed by atoms with Crippen molar-refractivity contribution in [1.29, 1.82) is 0 Å². The van der Waals surface area contributed by atoms with Crippen LogP contribution in [0, 0.1) is 20.8 Å². The van der Waals surface area contributed by atoms with Gasteiger partial charge in [0.05, 0.1) is 11.4 Å². The first kappa shape index (κ1) is 11.5. The predicted octanol–water partition coefficient (Wildman–Crippen LogP) is 2.22. The van der Waals surface area contributed by atoms with Gasteiger partial charge < -0.3 is 0 Å². The minimum atomic E-state index is 0.354. The van der Waals surface area contributed by atoms with E-state index in [4.69, 9.17) is 11.6 Å². The summed E-state index contributed by atoms with van der Waals surface area (Å²) < 4.78 is 5.82. The number of halogens is 1. The van der Waals surface area contributed by atoms with Gasteiger partial charge in [0.1, 0.15) is 4.88 Å². The molecule has 0 fully saturated rings. The molecule has 0 aliphatic rings. The van der Waals surface area contributed by atoms with Crippen LogP contribution >= 0.6 is 23.1 Å². The minimum absolute atomic E-state index is 0.354. The van der Waals surface area contributed by atoms with Crippen LogP contribution in [0.1, 0.15) is 17.1 Å². The molecule has 3 aromatic heterocycles. The van der Waals surface area contributed by atoms with E-state index in [2.05, 4.69) is 24.8 Å². The highest BCUT2D eigenvalue weighted by Gasteiger charge is 2.18. The topological polar surface area (TPSA) is 68.9 Å². The first-order chi connectivity index (χ1) is 8.59. The lowest BCUT2D eigenvalue weighted by atomic mass is 10.3. The van der Waals surface area contributed by atoms with Gasteiger partial charge in [-0.05, 0) is 32.3 Å². The fourth-order valence-corrected chi connectivity index (χ4v) is 2.64. The Labute approximate surface area is 112 Å². The van der Waals surface area contributed by atoms with Gasteiger partial charge in [0.25, 0.3) is 0 Å². The molecule has 0 saturated heterocycles. The van der Waals surface area contributed by atoms with Crippen LogP contribution in [0.5, 0.6) is 0 Å². The Hall–Kier alpha value is -1.60. The fraction of sp³-hybridized carbons (Fsp3) is 0.300. The highest BCUT2D eigenvalue weighted by atomic mass is 35.5. The third-order valence-corrected chi connectivity index (χ3v) is 3.90. The average Bonchev–Trinajstić information content (AvgIpc) is 2.91. The van der Waals surface area contributed by atoms with E-state index in [-0.39, 0.29) is 0 Å². The maximum atomic E-state index is 6.09. The Balaban J connectivity index is 2.42. The van der Waals surface area contributed by atoms with Crippen molar-refractivity contribution in [2.75, 3.05) is 0 Å². The molecule has 3 aromatic rings. The number of fused-ring (bicyclic) bond motifs is 1. The Morgan fingerprint density at radius 2 is 1.83 bits per heavy atom. The highest BCUT2D eigenvalue weighted by molar-refractivity contribution is 7.09. The Bertz CT molecular complexity index is 746. The van der Waals surface area contributed by atoms with Crippen molar-refractivity contribution >= 4 is 28.8 Å². The zero-order valence-electron chi connectivity index (χ0n) is 9.97. The largest absolute Gasteiger partial charge is 0.274 e. The molecular weight excluding hydrogens is 272 g/mol. The first-order valence-corrected chi connectivity index (χ1v) is 6.42. The van der Waals surface area contributed by atoms with Crippen LogP contribution in [0.3, 0.4) is 0 Å². The Morgan fingerprint density at radius 1 is 1.06 bits per heavy atom. The molecule has 0 unspecified atom stereocenters. The van der Waals surface area contributed by atoms with Gasteiger partial charge in [-0.25, -0.2) is 4.98 Å². The van der Waals surface area contributed by atoms with E-state index in [1.54, 1.807) is 0 Å². The van der Waals surface area contributed by atoms with Gasteiger partial charge in [0.15, 0.2) is 16.6 Å². The van der Waals surface area contributed by atoms with E-state index in [1.165, 1.54) is 11.5 Å². The molecule has 0 N–H and O–H groups in total. The number of rotatable bonds is 1. The molecule has 0 saturated carbocycles. The van der Waals surface area contributed by atoms with Crippen LogP contribution in [0.4, 0.5) is 0 Å². The van der Waals surface area contributed by atoms with Gasteiger partial charge in [-0.1, -0.05) is 16.1 Å². The van der Waals surface area contributed by atoms with Gasteiger partial charge in [0, 0.05) is 5.69 Å². The van der Waals surface area contributed by atoms with Gasteiger partial charge in [-0.2, -0.15) is 0 Å². The summed E-state index contributed by atoms with van der Waals surface area (Å²) in [4.78, 5) is 5.13. The van der Waals surface area contributed by atoms with E-state index >= 15 is 0 Å². The van der Waals surface area contributed by atoms with Crippen LogP contribution in [0.15, 0.2) is 0 Å². The molecule has 0 amide bonds. The maximum Gasteiger partial charge on any atom is 0.199 e. The molecule has 0 radical (unpaired) electrons. The Morgan fingerprint density at radius 3 is 2.50 bits per heavy atom. The standard InChI is InChI=1S/C10H9ClN6S/c1-4-6(3)17-9(7-5(2)13-16-18-7)14-15-10(17)8(11)12-4/h1-3H3. The number of hydrogen-bond acceptors (Lipinski definition) is 6. The van der Waals surface area contributed by atoms with Crippen molar-refractivity contribution in [3.63, 3.8) is 0 Å². The molecule has 6 nitrogen and oxygen atoms in total. The summed E-state index contributed by atoms with van der Waals surface area (Å²) >= 11 is 7.38. The SMILES string of the molecule is Cc1nnsc1-c1nnc2c(Cl)nc(C)c(C)n12. The van der Waals surface area contributed by atoms with Crippen LogP contribution < -0.4 is 0 Å².